The van der Waals surface area contributed by atoms with Gasteiger partial charge in [-0.2, -0.15) is 0 Å². The van der Waals surface area contributed by atoms with Crippen LogP contribution in [0.5, 0.6) is 0 Å². The minimum atomic E-state index is -0.248. The predicted octanol–water partition coefficient (Wildman–Crippen LogP) is 2.60. The summed E-state index contributed by atoms with van der Waals surface area (Å²) in [4.78, 5) is 31.1. The highest BCUT2D eigenvalue weighted by Gasteiger charge is 2.34. The van der Waals surface area contributed by atoms with E-state index < -0.39 is 0 Å². The number of aryl methyl sites for hydroxylation is 2. The van der Waals surface area contributed by atoms with Crippen molar-refractivity contribution in [3.05, 3.63) is 17.0 Å². The van der Waals surface area contributed by atoms with Crippen molar-refractivity contribution < 1.29 is 23.6 Å². The monoisotopic (exact) mass is 450 g/mol. The predicted molar refractivity (Wildman–Crippen MR) is 119 cm³/mol. The van der Waals surface area contributed by atoms with Gasteiger partial charge in [-0.05, 0) is 39.5 Å². The molecule has 0 aromatic carbocycles. The van der Waals surface area contributed by atoms with Crippen LogP contribution in [0.1, 0.15) is 50.6 Å². The van der Waals surface area contributed by atoms with Gasteiger partial charge in [0.1, 0.15) is 5.76 Å². The largest absolute Gasteiger partial charge is 0.450 e. The Balaban J connectivity index is 1.66. The number of hydrogen-bond donors (Lipinski definition) is 0. The molecule has 0 aliphatic carbocycles. The summed E-state index contributed by atoms with van der Waals surface area (Å²) in [5.74, 6) is 1.31. The molecular formula is C23H38N4O5. The molecule has 9 heteroatoms. The van der Waals surface area contributed by atoms with Gasteiger partial charge in [0.15, 0.2) is 0 Å². The number of carbonyl (C=O) groups is 2. The zero-order chi connectivity index (χ0) is 23.3. The van der Waals surface area contributed by atoms with Crippen LogP contribution in [0.15, 0.2) is 4.52 Å². The Labute approximate surface area is 191 Å². The van der Waals surface area contributed by atoms with Gasteiger partial charge in [-0.1, -0.05) is 19.0 Å². The molecule has 2 aliphatic heterocycles. The molecule has 0 spiro atoms. The average Bonchev–Trinajstić information content (AvgIpc) is 2.98. The molecule has 1 aromatic heterocycles. The number of rotatable bonds is 7. The van der Waals surface area contributed by atoms with E-state index in [1.807, 2.05) is 25.7 Å². The van der Waals surface area contributed by atoms with E-state index in [0.29, 0.717) is 51.9 Å². The zero-order valence-corrected chi connectivity index (χ0v) is 20.1. The summed E-state index contributed by atoms with van der Waals surface area (Å²) < 4.78 is 16.7. The molecule has 0 radical (unpaired) electrons. The molecule has 9 nitrogen and oxygen atoms in total. The molecule has 0 N–H and O–H groups in total. The maximum atomic E-state index is 13.1. The lowest BCUT2D eigenvalue weighted by atomic mass is 10.0. The van der Waals surface area contributed by atoms with Crippen LogP contribution in [0.3, 0.4) is 0 Å². The van der Waals surface area contributed by atoms with E-state index in [2.05, 4.69) is 23.9 Å². The van der Waals surface area contributed by atoms with Crippen LogP contribution in [-0.2, 0) is 20.9 Å². The third-order valence-electron chi connectivity index (χ3n) is 6.29. The van der Waals surface area contributed by atoms with Crippen molar-refractivity contribution in [3.8, 4) is 0 Å². The number of nitrogens with zero attached hydrogens (tertiary/aromatic N) is 4. The maximum Gasteiger partial charge on any atom is 0.409 e. The molecule has 0 bridgehead atoms. The molecule has 2 saturated heterocycles. The van der Waals surface area contributed by atoms with Crippen LogP contribution in [-0.4, -0.2) is 89.9 Å². The molecule has 180 valence electrons. The van der Waals surface area contributed by atoms with Gasteiger partial charge < -0.3 is 23.8 Å². The second kappa shape index (κ2) is 11.1. The van der Waals surface area contributed by atoms with E-state index in [-0.39, 0.29) is 24.1 Å². The third kappa shape index (κ3) is 6.22. The van der Waals surface area contributed by atoms with Gasteiger partial charge in [-0.15, -0.1) is 0 Å². The van der Waals surface area contributed by atoms with Gasteiger partial charge in [-0.25, -0.2) is 4.79 Å². The SMILES string of the molecule is CCOC(=O)N1CCC(N2CC(=O)N(CC(C)C)C[C@@H](OCc3c(C)noc3C)C2)CC1. The fourth-order valence-electron chi connectivity index (χ4n) is 4.54. The van der Waals surface area contributed by atoms with Gasteiger partial charge in [0.25, 0.3) is 0 Å². The van der Waals surface area contributed by atoms with Crippen LogP contribution in [0.25, 0.3) is 0 Å². The fourth-order valence-corrected chi connectivity index (χ4v) is 4.54. The lowest BCUT2D eigenvalue weighted by molar-refractivity contribution is -0.132. The van der Waals surface area contributed by atoms with Crippen molar-refractivity contribution in [1.29, 1.82) is 0 Å². The van der Waals surface area contributed by atoms with Crippen molar-refractivity contribution in [2.75, 3.05) is 45.9 Å². The first kappa shape index (κ1) is 24.5. The Morgan fingerprint density at radius 1 is 1.22 bits per heavy atom. The Kier molecular flexibility index (Phi) is 8.53. The molecule has 0 saturated carbocycles. The quantitative estimate of drug-likeness (QED) is 0.631. The smallest absolute Gasteiger partial charge is 0.409 e. The second-order valence-electron chi connectivity index (χ2n) is 9.27. The van der Waals surface area contributed by atoms with Gasteiger partial charge in [0, 0.05) is 44.3 Å². The van der Waals surface area contributed by atoms with E-state index in [1.165, 1.54) is 0 Å². The molecule has 2 aliphatic rings. The number of carbonyl (C=O) groups excluding carboxylic acids is 2. The number of aromatic nitrogens is 1. The first-order chi connectivity index (χ1) is 15.3. The lowest BCUT2D eigenvalue weighted by Crippen LogP contribution is -2.49. The Morgan fingerprint density at radius 3 is 2.53 bits per heavy atom. The molecule has 2 amide bonds. The third-order valence-corrected chi connectivity index (χ3v) is 6.29. The molecule has 1 aromatic rings. The molecule has 3 rings (SSSR count). The fraction of sp³-hybridized carbons (Fsp3) is 0.783. The number of ether oxygens (including phenoxy) is 2. The van der Waals surface area contributed by atoms with Crippen LogP contribution in [0.4, 0.5) is 4.79 Å². The molecule has 0 unspecified atom stereocenters. The summed E-state index contributed by atoms with van der Waals surface area (Å²) in [6.07, 6.45) is 1.30. The minimum Gasteiger partial charge on any atom is -0.450 e. The van der Waals surface area contributed by atoms with Crippen molar-refractivity contribution >= 4 is 12.0 Å². The maximum absolute atomic E-state index is 13.1. The number of likely N-dealkylation sites (tertiary alicyclic amines) is 1. The average molecular weight is 451 g/mol. The van der Waals surface area contributed by atoms with Crippen LogP contribution < -0.4 is 0 Å². The molecule has 3 heterocycles. The molecular weight excluding hydrogens is 412 g/mol. The normalized spacial score (nSPS) is 21.3. The van der Waals surface area contributed by atoms with Crippen LogP contribution in [0, 0.1) is 19.8 Å². The standard InChI is InChI=1S/C23H38N4O5/c1-6-30-23(29)25-9-7-19(8-10-25)26-12-20(13-27(11-16(2)3)22(28)14-26)31-15-21-17(4)24-32-18(21)5/h16,19-20H,6-15H2,1-5H3/t20-/m0/s1. The number of amides is 2. The van der Waals surface area contributed by atoms with Crippen molar-refractivity contribution in [2.45, 2.75) is 66.2 Å². The second-order valence-corrected chi connectivity index (χ2v) is 9.27. The summed E-state index contributed by atoms with van der Waals surface area (Å²) in [5.41, 5.74) is 1.82. The minimum absolute atomic E-state index is 0.100. The van der Waals surface area contributed by atoms with E-state index in [0.717, 1.165) is 36.4 Å². The van der Waals surface area contributed by atoms with Gasteiger partial charge in [0.05, 0.1) is 31.6 Å². The van der Waals surface area contributed by atoms with E-state index in [4.69, 9.17) is 14.0 Å². The summed E-state index contributed by atoms with van der Waals surface area (Å²) >= 11 is 0. The lowest BCUT2D eigenvalue weighted by Gasteiger charge is -2.37. The highest BCUT2D eigenvalue weighted by Crippen LogP contribution is 2.22. The van der Waals surface area contributed by atoms with Crippen molar-refractivity contribution in [1.82, 2.24) is 19.9 Å². The number of piperidine rings is 1. The zero-order valence-electron chi connectivity index (χ0n) is 20.1. The van der Waals surface area contributed by atoms with E-state index >= 15 is 0 Å². The summed E-state index contributed by atoms with van der Waals surface area (Å²) in [6, 6.07) is 0.244. The Bertz CT molecular complexity index is 753. The van der Waals surface area contributed by atoms with E-state index in [1.54, 1.807) is 4.90 Å². The molecule has 2 fully saturated rings. The Morgan fingerprint density at radius 2 is 1.94 bits per heavy atom. The highest BCUT2D eigenvalue weighted by atomic mass is 16.6. The first-order valence-corrected chi connectivity index (χ1v) is 11.7. The topological polar surface area (TPSA) is 88.4 Å². The van der Waals surface area contributed by atoms with Crippen molar-refractivity contribution in [3.63, 3.8) is 0 Å². The van der Waals surface area contributed by atoms with Crippen LogP contribution in [0.2, 0.25) is 0 Å². The first-order valence-electron chi connectivity index (χ1n) is 11.7. The van der Waals surface area contributed by atoms with Gasteiger partial charge in [-0.3, -0.25) is 9.69 Å². The Hall–Kier alpha value is -2.13. The summed E-state index contributed by atoms with van der Waals surface area (Å²) in [6.45, 7) is 14.4. The summed E-state index contributed by atoms with van der Waals surface area (Å²) in [5, 5.41) is 4.02. The molecule has 1 atom stereocenters. The van der Waals surface area contributed by atoms with E-state index in [9.17, 15) is 9.59 Å². The number of hydrogen-bond acceptors (Lipinski definition) is 7. The van der Waals surface area contributed by atoms with Crippen molar-refractivity contribution in [2.24, 2.45) is 5.92 Å². The van der Waals surface area contributed by atoms with Crippen LogP contribution >= 0.6 is 0 Å². The van der Waals surface area contributed by atoms with Gasteiger partial charge >= 0.3 is 6.09 Å². The summed E-state index contributed by atoms with van der Waals surface area (Å²) in [7, 11) is 0. The highest BCUT2D eigenvalue weighted by molar-refractivity contribution is 5.78. The van der Waals surface area contributed by atoms with Gasteiger partial charge in [0.2, 0.25) is 5.91 Å². The molecule has 32 heavy (non-hydrogen) atoms.